The van der Waals surface area contributed by atoms with Gasteiger partial charge < -0.3 is 10.0 Å². The summed E-state index contributed by atoms with van der Waals surface area (Å²) in [6.45, 7) is 5.06. The summed E-state index contributed by atoms with van der Waals surface area (Å²) < 4.78 is 0. The lowest BCUT2D eigenvalue weighted by Crippen LogP contribution is -2.23. The van der Waals surface area contributed by atoms with Crippen molar-refractivity contribution in [2.75, 3.05) is 13.6 Å². The van der Waals surface area contributed by atoms with E-state index >= 15 is 0 Å². The van der Waals surface area contributed by atoms with Crippen molar-refractivity contribution in [1.29, 1.82) is 5.26 Å². The standard InChI is InChI=1S/C15H20N2O2/c1-11(8-16)9-17(3)10-13-4-6-14(7-5-13)12(2)15(18)19/h4-7,11-12H,9-10H2,1-3H3,(H,18,19). The van der Waals surface area contributed by atoms with E-state index in [1.165, 1.54) is 0 Å². The Kier molecular flexibility index (Phi) is 5.53. The Morgan fingerprint density at radius 1 is 1.37 bits per heavy atom. The highest BCUT2D eigenvalue weighted by Crippen LogP contribution is 2.16. The summed E-state index contributed by atoms with van der Waals surface area (Å²) in [7, 11) is 1.97. The molecular formula is C15H20N2O2. The normalized spacial score (nSPS) is 13.8. The minimum absolute atomic E-state index is 0.0105. The number of benzene rings is 1. The van der Waals surface area contributed by atoms with Crippen LogP contribution in [0.25, 0.3) is 0 Å². The van der Waals surface area contributed by atoms with E-state index in [9.17, 15) is 4.79 Å². The summed E-state index contributed by atoms with van der Waals surface area (Å²) in [5.41, 5.74) is 1.93. The molecule has 0 radical (unpaired) electrons. The molecule has 2 unspecified atom stereocenters. The van der Waals surface area contributed by atoms with Crippen LogP contribution < -0.4 is 0 Å². The van der Waals surface area contributed by atoms with Crippen LogP contribution in [0.15, 0.2) is 24.3 Å². The Labute approximate surface area is 114 Å². The summed E-state index contributed by atoms with van der Waals surface area (Å²) in [5, 5.41) is 17.7. The van der Waals surface area contributed by atoms with Gasteiger partial charge in [-0.25, -0.2) is 0 Å². The molecule has 1 rings (SSSR count). The van der Waals surface area contributed by atoms with Crippen LogP contribution in [0.1, 0.15) is 30.9 Å². The Morgan fingerprint density at radius 3 is 2.42 bits per heavy atom. The Hall–Kier alpha value is -1.86. The molecule has 0 amide bonds. The topological polar surface area (TPSA) is 64.3 Å². The lowest BCUT2D eigenvalue weighted by molar-refractivity contribution is -0.138. The highest BCUT2D eigenvalue weighted by atomic mass is 16.4. The zero-order valence-corrected chi connectivity index (χ0v) is 11.6. The SMILES string of the molecule is CC(C#N)CN(C)Cc1ccc(C(C)C(=O)O)cc1. The second-order valence-corrected chi connectivity index (χ2v) is 5.03. The number of hydrogen-bond donors (Lipinski definition) is 1. The van der Waals surface area contributed by atoms with E-state index in [-0.39, 0.29) is 5.92 Å². The molecule has 19 heavy (non-hydrogen) atoms. The van der Waals surface area contributed by atoms with Crippen molar-refractivity contribution < 1.29 is 9.90 Å². The van der Waals surface area contributed by atoms with Crippen LogP contribution in [0.3, 0.4) is 0 Å². The molecule has 2 atom stereocenters. The van der Waals surface area contributed by atoms with Gasteiger partial charge in [0.2, 0.25) is 0 Å². The van der Waals surface area contributed by atoms with Gasteiger partial charge in [0.1, 0.15) is 0 Å². The average molecular weight is 260 g/mol. The van der Waals surface area contributed by atoms with Crippen LogP contribution in [-0.4, -0.2) is 29.6 Å². The molecule has 0 saturated carbocycles. The minimum Gasteiger partial charge on any atom is -0.481 e. The van der Waals surface area contributed by atoms with E-state index in [1.807, 2.05) is 38.2 Å². The number of rotatable bonds is 6. The summed E-state index contributed by atoms with van der Waals surface area (Å²) in [6, 6.07) is 9.82. The largest absolute Gasteiger partial charge is 0.481 e. The molecule has 0 aromatic heterocycles. The molecule has 0 aliphatic heterocycles. The molecule has 4 heteroatoms. The third kappa shape index (κ3) is 4.72. The highest BCUT2D eigenvalue weighted by Gasteiger charge is 2.13. The van der Waals surface area contributed by atoms with Gasteiger partial charge in [-0.3, -0.25) is 4.79 Å². The Morgan fingerprint density at radius 2 is 1.95 bits per heavy atom. The maximum atomic E-state index is 10.9. The van der Waals surface area contributed by atoms with Crippen molar-refractivity contribution in [3.05, 3.63) is 35.4 Å². The van der Waals surface area contributed by atoms with Gasteiger partial charge in [0, 0.05) is 13.1 Å². The number of nitrogens with zero attached hydrogens (tertiary/aromatic N) is 2. The van der Waals surface area contributed by atoms with E-state index < -0.39 is 11.9 Å². The van der Waals surface area contributed by atoms with Gasteiger partial charge in [0.05, 0.1) is 17.9 Å². The van der Waals surface area contributed by atoms with E-state index in [4.69, 9.17) is 10.4 Å². The lowest BCUT2D eigenvalue weighted by atomic mass is 10.00. The van der Waals surface area contributed by atoms with Crippen LogP contribution >= 0.6 is 0 Å². The molecule has 0 spiro atoms. The summed E-state index contributed by atoms with van der Waals surface area (Å²) in [5.74, 6) is -1.28. The molecule has 1 N–H and O–H groups in total. The average Bonchev–Trinajstić information content (AvgIpc) is 2.38. The van der Waals surface area contributed by atoms with Crippen molar-refractivity contribution >= 4 is 5.97 Å². The Bertz CT molecular complexity index is 462. The van der Waals surface area contributed by atoms with Gasteiger partial charge in [0.15, 0.2) is 0 Å². The van der Waals surface area contributed by atoms with Crippen LogP contribution in [0.2, 0.25) is 0 Å². The highest BCUT2D eigenvalue weighted by molar-refractivity contribution is 5.75. The van der Waals surface area contributed by atoms with E-state index in [0.717, 1.165) is 24.2 Å². The third-order valence-corrected chi connectivity index (χ3v) is 3.11. The lowest BCUT2D eigenvalue weighted by Gasteiger charge is -2.18. The molecule has 0 aliphatic rings. The first-order valence-electron chi connectivity index (χ1n) is 6.33. The smallest absolute Gasteiger partial charge is 0.310 e. The second kappa shape index (κ2) is 6.91. The number of hydrogen-bond acceptors (Lipinski definition) is 3. The van der Waals surface area contributed by atoms with Crippen LogP contribution in [0, 0.1) is 17.2 Å². The van der Waals surface area contributed by atoms with E-state index in [1.54, 1.807) is 6.92 Å². The monoisotopic (exact) mass is 260 g/mol. The molecule has 0 heterocycles. The first-order chi connectivity index (χ1) is 8.93. The van der Waals surface area contributed by atoms with Crippen molar-refractivity contribution in [3.63, 3.8) is 0 Å². The molecule has 0 aliphatic carbocycles. The summed E-state index contributed by atoms with van der Waals surface area (Å²) in [4.78, 5) is 13.0. The van der Waals surface area contributed by atoms with Crippen molar-refractivity contribution in [3.8, 4) is 6.07 Å². The van der Waals surface area contributed by atoms with Gasteiger partial charge in [0.25, 0.3) is 0 Å². The van der Waals surface area contributed by atoms with Crippen LogP contribution in [-0.2, 0) is 11.3 Å². The maximum absolute atomic E-state index is 10.9. The maximum Gasteiger partial charge on any atom is 0.310 e. The zero-order chi connectivity index (χ0) is 14.4. The molecule has 0 bridgehead atoms. The summed E-state index contributed by atoms with van der Waals surface area (Å²) in [6.07, 6.45) is 0. The molecule has 102 valence electrons. The van der Waals surface area contributed by atoms with Crippen molar-refractivity contribution in [2.45, 2.75) is 26.3 Å². The van der Waals surface area contributed by atoms with E-state index in [2.05, 4.69) is 11.0 Å². The van der Waals surface area contributed by atoms with Crippen LogP contribution in [0.5, 0.6) is 0 Å². The minimum atomic E-state index is -0.812. The van der Waals surface area contributed by atoms with Gasteiger partial charge in [-0.05, 0) is 32.0 Å². The molecule has 4 nitrogen and oxygen atoms in total. The first kappa shape index (κ1) is 15.2. The van der Waals surface area contributed by atoms with Gasteiger partial charge >= 0.3 is 5.97 Å². The molecule has 0 fully saturated rings. The fourth-order valence-corrected chi connectivity index (χ4v) is 1.94. The number of nitriles is 1. The Balaban J connectivity index is 2.62. The van der Waals surface area contributed by atoms with Gasteiger partial charge in [-0.2, -0.15) is 5.26 Å². The quantitative estimate of drug-likeness (QED) is 0.853. The number of carboxylic acids is 1. The second-order valence-electron chi connectivity index (χ2n) is 5.03. The number of carbonyl (C=O) groups is 1. The molecule has 1 aromatic carbocycles. The fourth-order valence-electron chi connectivity index (χ4n) is 1.94. The predicted octanol–water partition coefficient (Wildman–Crippen LogP) is 2.47. The zero-order valence-electron chi connectivity index (χ0n) is 11.6. The predicted molar refractivity (Wildman–Crippen MR) is 73.6 cm³/mol. The molecule has 1 aromatic rings. The van der Waals surface area contributed by atoms with Crippen LogP contribution in [0.4, 0.5) is 0 Å². The molecular weight excluding hydrogens is 240 g/mol. The van der Waals surface area contributed by atoms with Crippen molar-refractivity contribution in [1.82, 2.24) is 4.90 Å². The van der Waals surface area contributed by atoms with E-state index in [0.29, 0.717) is 0 Å². The van der Waals surface area contributed by atoms with Gasteiger partial charge in [-0.1, -0.05) is 24.3 Å². The fraction of sp³-hybridized carbons (Fsp3) is 0.467. The molecule has 0 saturated heterocycles. The number of aliphatic carboxylic acids is 1. The number of carboxylic acid groups (broad SMARTS) is 1. The third-order valence-electron chi connectivity index (χ3n) is 3.11. The van der Waals surface area contributed by atoms with Crippen molar-refractivity contribution in [2.24, 2.45) is 5.92 Å². The van der Waals surface area contributed by atoms with Gasteiger partial charge in [-0.15, -0.1) is 0 Å². The summed E-state index contributed by atoms with van der Waals surface area (Å²) >= 11 is 0. The first-order valence-corrected chi connectivity index (χ1v) is 6.33.